The molecule has 0 radical (unpaired) electrons. The van der Waals surface area contributed by atoms with Crippen molar-refractivity contribution in [3.8, 4) is 0 Å². The minimum atomic E-state index is -1.48. The number of carbonyl (C=O) groups is 1. The zero-order valence-corrected chi connectivity index (χ0v) is 8.92. The Morgan fingerprint density at radius 1 is 1.27 bits per heavy atom. The molecule has 0 aliphatic rings. The standard InChI is InChI=1S/C9H19NO5/c1-3-6(10-5(2)12)8(14)9(15)7(13)4-11/h6-9,11,13-15H,3-4H2,1-2H3,(H,10,12)/t6-,7+,8+,9-/m0/s1. The molecule has 0 aromatic heterocycles. The molecule has 0 heterocycles. The first-order chi connectivity index (χ1) is 6.93. The normalized spacial score (nSPS) is 19.1. The Balaban J connectivity index is 4.35. The first-order valence-corrected chi connectivity index (χ1v) is 4.86. The molecule has 0 aromatic rings. The van der Waals surface area contributed by atoms with Crippen LogP contribution in [0.15, 0.2) is 0 Å². The van der Waals surface area contributed by atoms with Crippen molar-refractivity contribution >= 4 is 5.91 Å². The van der Waals surface area contributed by atoms with E-state index in [-0.39, 0.29) is 5.91 Å². The highest BCUT2D eigenvalue weighted by molar-refractivity contribution is 5.73. The van der Waals surface area contributed by atoms with Gasteiger partial charge in [0.1, 0.15) is 18.3 Å². The van der Waals surface area contributed by atoms with Crippen LogP contribution in [0.5, 0.6) is 0 Å². The zero-order valence-electron chi connectivity index (χ0n) is 8.92. The number of aliphatic hydroxyl groups is 4. The molecule has 0 aliphatic heterocycles. The summed E-state index contributed by atoms with van der Waals surface area (Å²) >= 11 is 0. The maximum atomic E-state index is 10.8. The predicted molar refractivity (Wildman–Crippen MR) is 53.0 cm³/mol. The molecule has 1 amide bonds. The third-order valence-corrected chi connectivity index (χ3v) is 2.17. The average molecular weight is 221 g/mol. The van der Waals surface area contributed by atoms with Gasteiger partial charge >= 0.3 is 0 Å². The minimum Gasteiger partial charge on any atom is -0.394 e. The third kappa shape index (κ3) is 4.57. The largest absolute Gasteiger partial charge is 0.394 e. The Morgan fingerprint density at radius 3 is 2.13 bits per heavy atom. The monoisotopic (exact) mass is 221 g/mol. The van der Waals surface area contributed by atoms with Crippen molar-refractivity contribution in [1.29, 1.82) is 0 Å². The van der Waals surface area contributed by atoms with Crippen molar-refractivity contribution in [2.45, 2.75) is 44.6 Å². The van der Waals surface area contributed by atoms with E-state index in [2.05, 4.69) is 5.32 Å². The Hall–Kier alpha value is -0.690. The number of rotatable bonds is 6. The van der Waals surface area contributed by atoms with Crippen LogP contribution in [0.25, 0.3) is 0 Å². The highest BCUT2D eigenvalue weighted by Gasteiger charge is 2.30. The number of aliphatic hydroxyl groups excluding tert-OH is 4. The Morgan fingerprint density at radius 2 is 1.80 bits per heavy atom. The molecular formula is C9H19NO5. The summed E-state index contributed by atoms with van der Waals surface area (Å²) in [6.07, 6.45) is -3.79. The molecule has 0 aromatic carbocycles. The molecule has 0 saturated carbocycles. The highest BCUT2D eigenvalue weighted by Crippen LogP contribution is 2.07. The van der Waals surface area contributed by atoms with Gasteiger partial charge in [-0.05, 0) is 6.42 Å². The van der Waals surface area contributed by atoms with Crippen molar-refractivity contribution in [2.75, 3.05) is 6.61 Å². The fourth-order valence-electron chi connectivity index (χ4n) is 1.26. The second-order valence-corrected chi connectivity index (χ2v) is 3.45. The summed E-state index contributed by atoms with van der Waals surface area (Å²) in [5.74, 6) is -0.327. The van der Waals surface area contributed by atoms with E-state index in [9.17, 15) is 15.0 Å². The number of hydrogen-bond acceptors (Lipinski definition) is 5. The SMILES string of the molecule is CC[C@H](NC(C)=O)[C@@H](O)[C@@H](O)[C@H](O)CO. The summed E-state index contributed by atoms with van der Waals surface area (Å²) < 4.78 is 0. The molecule has 0 unspecified atom stereocenters. The lowest BCUT2D eigenvalue weighted by molar-refractivity contribution is -0.123. The van der Waals surface area contributed by atoms with Crippen LogP contribution in [0.3, 0.4) is 0 Å². The van der Waals surface area contributed by atoms with Crippen molar-refractivity contribution < 1.29 is 25.2 Å². The summed E-state index contributed by atoms with van der Waals surface area (Å²) in [4.78, 5) is 10.8. The Labute approximate surface area is 88.5 Å². The summed E-state index contributed by atoms with van der Waals surface area (Å²) in [5, 5.41) is 39.1. The lowest BCUT2D eigenvalue weighted by Crippen LogP contribution is -2.52. The number of hydrogen-bond donors (Lipinski definition) is 5. The molecule has 0 spiro atoms. The van der Waals surface area contributed by atoms with Gasteiger partial charge in [-0.25, -0.2) is 0 Å². The molecule has 5 N–H and O–H groups in total. The molecule has 0 saturated heterocycles. The second kappa shape index (κ2) is 6.73. The lowest BCUT2D eigenvalue weighted by atomic mass is 9.99. The minimum absolute atomic E-state index is 0.327. The number of carbonyl (C=O) groups excluding carboxylic acids is 1. The molecule has 6 heteroatoms. The van der Waals surface area contributed by atoms with Crippen LogP contribution in [0.2, 0.25) is 0 Å². The number of nitrogens with one attached hydrogen (secondary N) is 1. The van der Waals surface area contributed by atoms with Gasteiger partial charge in [-0.15, -0.1) is 0 Å². The maximum absolute atomic E-state index is 10.8. The van der Waals surface area contributed by atoms with Crippen LogP contribution in [-0.4, -0.2) is 57.3 Å². The van der Waals surface area contributed by atoms with E-state index in [4.69, 9.17) is 10.2 Å². The van der Waals surface area contributed by atoms with Crippen LogP contribution in [-0.2, 0) is 4.79 Å². The quantitative estimate of drug-likeness (QED) is 0.355. The predicted octanol–water partition coefficient (Wildman–Crippen LogP) is -2.02. The summed E-state index contributed by atoms with van der Waals surface area (Å²) in [6, 6.07) is -0.640. The van der Waals surface area contributed by atoms with Gasteiger partial charge in [0.25, 0.3) is 0 Å². The molecule has 0 fully saturated rings. The molecule has 4 atom stereocenters. The van der Waals surface area contributed by atoms with Crippen molar-refractivity contribution in [2.24, 2.45) is 0 Å². The van der Waals surface area contributed by atoms with Crippen molar-refractivity contribution in [1.82, 2.24) is 5.32 Å². The fraction of sp³-hybridized carbons (Fsp3) is 0.889. The van der Waals surface area contributed by atoms with Crippen LogP contribution in [0, 0.1) is 0 Å². The Kier molecular flexibility index (Phi) is 6.42. The van der Waals surface area contributed by atoms with E-state index in [1.807, 2.05) is 0 Å². The molecule has 90 valence electrons. The van der Waals surface area contributed by atoms with Crippen LogP contribution in [0.1, 0.15) is 20.3 Å². The maximum Gasteiger partial charge on any atom is 0.217 e. The van der Waals surface area contributed by atoms with Gasteiger partial charge in [-0.2, -0.15) is 0 Å². The van der Waals surface area contributed by atoms with Crippen LogP contribution in [0.4, 0.5) is 0 Å². The van der Waals surface area contributed by atoms with E-state index < -0.39 is 31.0 Å². The van der Waals surface area contributed by atoms with E-state index in [0.717, 1.165) is 0 Å². The smallest absolute Gasteiger partial charge is 0.217 e. The molecular weight excluding hydrogens is 202 g/mol. The van der Waals surface area contributed by atoms with Gasteiger partial charge in [0.15, 0.2) is 0 Å². The number of amides is 1. The third-order valence-electron chi connectivity index (χ3n) is 2.17. The fourth-order valence-corrected chi connectivity index (χ4v) is 1.26. The first-order valence-electron chi connectivity index (χ1n) is 4.86. The van der Waals surface area contributed by atoms with Crippen molar-refractivity contribution in [3.63, 3.8) is 0 Å². The van der Waals surface area contributed by atoms with Gasteiger partial charge in [0.05, 0.1) is 12.6 Å². The summed E-state index contributed by atoms with van der Waals surface area (Å²) in [5.41, 5.74) is 0. The van der Waals surface area contributed by atoms with E-state index in [1.54, 1.807) is 6.92 Å². The molecule has 6 nitrogen and oxygen atoms in total. The molecule has 0 bridgehead atoms. The average Bonchev–Trinajstić information content (AvgIpc) is 2.22. The van der Waals surface area contributed by atoms with E-state index in [0.29, 0.717) is 6.42 Å². The zero-order chi connectivity index (χ0) is 12.0. The highest BCUT2D eigenvalue weighted by atomic mass is 16.4. The van der Waals surface area contributed by atoms with Gasteiger partial charge in [0, 0.05) is 6.92 Å². The van der Waals surface area contributed by atoms with E-state index >= 15 is 0 Å². The van der Waals surface area contributed by atoms with Crippen LogP contribution < -0.4 is 5.32 Å². The van der Waals surface area contributed by atoms with Crippen molar-refractivity contribution in [3.05, 3.63) is 0 Å². The lowest BCUT2D eigenvalue weighted by Gasteiger charge is -2.28. The van der Waals surface area contributed by atoms with Gasteiger partial charge in [-0.1, -0.05) is 6.92 Å². The molecule has 0 rings (SSSR count). The summed E-state index contributed by atoms with van der Waals surface area (Å²) in [7, 11) is 0. The summed E-state index contributed by atoms with van der Waals surface area (Å²) in [6.45, 7) is 2.38. The second-order valence-electron chi connectivity index (χ2n) is 3.45. The van der Waals surface area contributed by atoms with Gasteiger partial charge in [0.2, 0.25) is 5.91 Å². The first kappa shape index (κ1) is 14.3. The Bertz CT molecular complexity index is 199. The molecule has 15 heavy (non-hydrogen) atoms. The van der Waals surface area contributed by atoms with E-state index in [1.165, 1.54) is 6.92 Å². The molecule has 0 aliphatic carbocycles. The van der Waals surface area contributed by atoms with Gasteiger partial charge in [-0.3, -0.25) is 4.79 Å². The van der Waals surface area contributed by atoms with Crippen LogP contribution >= 0.6 is 0 Å². The van der Waals surface area contributed by atoms with Gasteiger partial charge < -0.3 is 25.7 Å². The topological polar surface area (TPSA) is 110 Å².